The van der Waals surface area contributed by atoms with Crippen molar-refractivity contribution in [3.63, 3.8) is 0 Å². The molecular formula is C15H15N7O3S5. The normalized spacial score (nSPS) is 20.7. The quantitative estimate of drug-likeness (QED) is 0.284. The Hall–Kier alpha value is -1.81. The molecule has 0 saturated carbocycles. The Morgan fingerprint density at radius 3 is 2.80 bits per heavy atom. The van der Waals surface area contributed by atoms with Crippen molar-refractivity contribution in [1.82, 2.24) is 30.6 Å². The molecule has 2 aliphatic heterocycles. The zero-order valence-electron chi connectivity index (χ0n) is 15.4. The van der Waals surface area contributed by atoms with Crippen molar-refractivity contribution < 1.29 is 14.7 Å². The van der Waals surface area contributed by atoms with Crippen molar-refractivity contribution in [3.8, 4) is 0 Å². The number of nitrogens with two attached hydrogens (primary N) is 1. The van der Waals surface area contributed by atoms with Gasteiger partial charge in [-0.2, -0.15) is 0 Å². The van der Waals surface area contributed by atoms with E-state index in [1.807, 2.05) is 6.92 Å². The summed E-state index contributed by atoms with van der Waals surface area (Å²) in [5, 5.41) is 30.0. The molecule has 2 aliphatic rings. The number of amides is 1. The minimum Gasteiger partial charge on any atom is -0.477 e. The maximum absolute atomic E-state index is 12.7. The van der Waals surface area contributed by atoms with Crippen molar-refractivity contribution in [1.29, 1.82) is 0 Å². The van der Waals surface area contributed by atoms with Crippen LogP contribution in [0, 0.1) is 6.92 Å². The molecule has 0 aromatic carbocycles. The lowest BCUT2D eigenvalue weighted by Gasteiger charge is -2.49. The van der Waals surface area contributed by atoms with Crippen molar-refractivity contribution >= 4 is 80.4 Å². The van der Waals surface area contributed by atoms with Crippen molar-refractivity contribution in [2.45, 2.75) is 29.1 Å². The largest absolute Gasteiger partial charge is 0.477 e. The van der Waals surface area contributed by atoms with Crippen LogP contribution in [0.15, 0.2) is 15.6 Å². The monoisotopic (exact) mass is 501 g/mol. The lowest BCUT2D eigenvalue weighted by molar-refractivity contribution is -0.148. The Bertz CT molecular complexity index is 1050. The fourth-order valence-electron chi connectivity index (χ4n) is 2.98. The zero-order chi connectivity index (χ0) is 21.4. The number of nitrogens with one attached hydrogen (secondary N) is 1. The Labute approximate surface area is 192 Å². The van der Waals surface area contributed by atoms with Gasteiger partial charge in [-0.15, -0.1) is 32.2 Å². The van der Waals surface area contributed by atoms with Gasteiger partial charge in [0.2, 0.25) is 5.13 Å². The number of carbonyl (C=O) groups excluding carboxylic acids is 1. The number of fused-ring (bicyclic) bond motifs is 1. The van der Waals surface area contributed by atoms with E-state index in [1.54, 1.807) is 0 Å². The molecule has 15 heteroatoms. The fourth-order valence-corrected chi connectivity index (χ4v) is 7.26. The molecule has 0 spiro atoms. The van der Waals surface area contributed by atoms with E-state index in [2.05, 4.69) is 25.7 Å². The first-order valence-electron chi connectivity index (χ1n) is 8.53. The van der Waals surface area contributed by atoms with E-state index in [-0.39, 0.29) is 17.0 Å². The maximum atomic E-state index is 12.7. The fraction of sp³-hybridized carbons (Fsp3) is 0.400. The molecule has 1 fully saturated rings. The van der Waals surface area contributed by atoms with Gasteiger partial charge in [-0.1, -0.05) is 46.7 Å². The summed E-state index contributed by atoms with van der Waals surface area (Å²) in [6.07, 6.45) is 0.330. The van der Waals surface area contributed by atoms with Gasteiger partial charge in [0.15, 0.2) is 4.34 Å². The number of hydrogen-bond donors (Lipinski definition) is 3. The number of β-lactam (4-membered cyclic amide) rings is 1. The summed E-state index contributed by atoms with van der Waals surface area (Å²) in [6, 6.07) is -0.567. The predicted molar refractivity (Wildman–Crippen MR) is 121 cm³/mol. The molecule has 0 radical (unpaired) electrons. The molecule has 1 amide bonds. The van der Waals surface area contributed by atoms with Gasteiger partial charge < -0.3 is 16.2 Å². The summed E-state index contributed by atoms with van der Waals surface area (Å²) in [6.45, 7) is 1.86. The van der Waals surface area contributed by atoms with Crippen LogP contribution in [0.2, 0.25) is 0 Å². The molecule has 1 saturated heterocycles. The van der Waals surface area contributed by atoms with Crippen LogP contribution in [0.1, 0.15) is 10.0 Å². The van der Waals surface area contributed by atoms with E-state index >= 15 is 0 Å². The lowest BCUT2D eigenvalue weighted by Crippen LogP contribution is -2.70. The second-order valence-electron chi connectivity index (χ2n) is 6.30. The van der Waals surface area contributed by atoms with Gasteiger partial charge in [-0.25, -0.2) is 4.79 Å². The zero-order valence-corrected chi connectivity index (χ0v) is 19.5. The van der Waals surface area contributed by atoms with E-state index in [0.29, 0.717) is 38.6 Å². The highest BCUT2D eigenvalue weighted by atomic mass is 32.2. The van der Waals surface area contributed by atoms with Crippen LogP contribution in [0.4, 0.5) is 5.13 Å². The highest BCUT2D eigenvalue weighted by Gasteiger charge is 2.53. The number of nitrogens with zero attached hydrogens (tertiary/aromatic N) is 5. The summed E-state index contributed by atoms with van der Waals surface area (Å²) in [5.41, 5.74) is 6.32. The third-order valence-electron chi connectivity index (χ3n) is 4.24. The van der Waals surface area contributed by atoms with Crippen LogP contribution in [-0.2, 0) is 16.0 Å². The highest BCUT2D eigenvalue weighted by molar-refractivity contribution is 8.01. The third-order valence-corrected chi connectivity index (χ3v) is 8.65. The number of carbonyl (C=O) groups is 2. The van der Waals surface area contributed by atoms with Crippen molar-refractivity contribution in [2.24, 2.45) is 0 Å². The van der Waals surface area contributed by atoms with Gasteiger partial charge in [0, 0.05) is 11.5 Å². The third kappa shape index (κ3) is 4.30. The second kappa shape index (κ2) is 8.74. The number of hydrogen-bond acceptors (Lipinski definition) is 12. The second-order valence-corrected chi connectivity index (χ2v) is 11.4. The molecule has 2 aromatic rings. The molecule has 158 valence electrons. The predicted octanol–water partition coefficient (Wildman–Crippen LogP) is 1.15. The Kier molecular flexibility index (Phi) is 6.24. The average molecular weight is 502 g/mol. The molecule has 1 unspecified atom stereocenters. The van der Waals surface area contributed by atoms with Gasteiger partial charge in [-0.05, 0) is 12.5 Å². The number of thiocarbonyl (C=S) groups is 1. The van der Waals surface area contributed by atoms with Gasteiger partial charge >= 0.3 is 5.97 Å². The first-order valence-corrected chi connectivity index (χ1v) is 12.6. The molecular weight excluding hydrogens is 487 g/mol. The molecule has 10 nitrogen and oxygen atoms in total. The summed E-state index contributed by atoms with van der Waals surface area (Å²) < 4.78 is 0.772. The van der Waals surface area contributed by atoms with E-state index in [4.69, 9.17) is 18.0 Å². The Morgan fingerprint density at radius 2 is 2.17 bits per heavy atom. The SMILES string of the molecule is Cc1nnc(SCC2=C(C(=O)O)N3C(=O)C(NC(=S)Cc4nnc(N)s4)[C@H]3SC2)s1. The summed E-state index contributed by atoms with van der Waals surface area (Å²) in [7, 11) is 0. The molecule has 2 atom stereocenters. The van der Waals surface area contributed by atoms with Crippen molar-refractivity contribution in [3.05, 3.63) is 21.3 Å². The minimum absolute atomic E-state index is 0.0540. The molecule has 4 heterocycles. The number of carboxylic acids is 1. The van der Waals surface area contributed by atoms with Crippen LogP contribution in [-0.4, -0.2) is 70.2 Å². The Balaban J connectivity index is 1.43. The van der Waals surface area contributed by atoms with E-state index in [1.165, 1.54) is 51.1 Å². The smallest absolute Gasteiger partial charge is 0.352 e. The molecule has 0 bridgehead atoms. The van der Waals surface area contributed by atoms with Crippen LogP contribution in [0.25, 0.3) is 0 Å². The van der Waals surface area contributed by atoms with Gasteiger partial charge in [0.1, 0.15) is 27.1 Å². The molecule has 4 rings (SSSR count). The number of aromatic nitrogens is 4. The van der Waals surface area contributed by atoms with E-state index in [0.717, 1.165) is 9.35 Å². The highest BCUT2D eigenvalue weighted by Crippen LogP contribution is 2.41. The van der Waals surface area contributed by atoms with Crippen molar-refractivity contribution in [2.75, 3.05) is 17.2 Å². The first kappa shape index (κ1) is 21.4. The van der Waals surface area contributed by atoms with Gasteiger partial charge in [-0.3, -0.25) is 9.69 Å². The van der Waals surface area contributed by atoms with Crippen LogP contribution >= 0.6 is 58.4 Å². The van der Waals surface area contributed by atoms with E-state index < -0.39 is 12.0 Å². The maximum Gasteiger partial charge on any atom is 0.352 e. The Morgan fingerprint density at radius 1 is 1.37 bits per heavy atom. The summed E-state index contributed by atoms with van der Waals surface area (Å²) in [5.74, 6) is -0.464. The first-order chi connectivity index (χ1) is 14.3. The van der Waals surface area contributed by atoms with Gasteiger partial charge in [0.05, 0.1) is 11.4 Å². The average Bonchev–Trinajstić information content (AvgIpc) is 3.31. The molecule has 30 heavy (non-hydrogen) atoms. The van der Waals surface area contributed by atoms with Crippen LogP contribution in [0.3, 0.4) is 0 Å². The number of rotatable bonds is 7. The summed E-state index contributed by atoms with van der Waals surface area (Å²) in [4.78, 5) is 26.5. The standard InChI is InChI=1S/C15H15N7O3S5/c1-5-18-21-15(29-5)28-4-6-3-27-12-9(11(23)22(12)10(6)13(24)25)17-7(26)2-8-19-20-14(16)30-8/h9,12H,2-4H2,1H3,(H2,16,20)(H,17,26)(H,24,25)/t9?,12-/m1/s1. The molecule has 4 N–H and O–H groups in total. The molecule has 2 aromatic heterocycles. The lowest BCUT2D eigenvalue weighted by atomic mass is 10.0. The summed E-state index contributed by atoms with van der Waals surface area (Å²) >= 11 is 11.0. The number of aliphatic carboxylic acids is 1. The number of nitrogen functional groups attached to an aromatic ring is 1. The van der Waals surface area contributed by atoms with E-state index in [9.17, 15) is 14.7 Å². The minimum atomic E-state index is -1.11. The van der Waals surface area contributed by atoms with Crippen LogP contribution in [0.5, 0.6) is 0 Å². The number of carboxylic acid groups (broad SMARTS) is 1. The topological polar surface area (TPSA) is 147 Å². The number of thioether (sulfide) groups is 2. The molecule has 0 aliphatic carbocycles. The number of aryl methyl sites for hydroxylation is 1. The van der Waals surface area contributed by atoms with Crippen LogP contribution < -0.4 is 11.1 Å². The number of anilines is 1. The van der Waals surface area contributed by atoms with Gasteiger partial charge in [0.25, 0.3) is 5.91 Å².